The molecular weight excluding hydrogens is 253 g/mol. The maximum absolute atomic E-state index is 6.03. The molecule has 1 aromatic rings. The second-order valence-electron chi connectivity index (χ2n) is 5.64. The average molecular weight is 274 g/mol. The molecule has 0 saturated carbocycles. The van der Waals surface area contributed by atoms with Crippen LogP contribution in [-0.2, 0) is 0 Å². The van der Waals surface area contributed by atoms with Crippen LogP contribution in [0.4, 0.5) is 0 Å². The van der Waals surface area contributed by atoms with Crippen molar-refractivity contribution in [3.63, 3.8) is 0 Å². The van der Waals surface area contributed by atoms with Gasteiger partial charge in [-0.05, 0) is 49.1 Å². The van der Waals surface area contributed by atoms with Gasteiger partial charge in [0.15, 0.2) is 0 Å². The largest absolute Gasteiger partial charge is 0.313 e. The molecule has 17 heavy (non-hydrogen) atoms. The molecule has 0 heterocycles. The van der Waals surface area contributed by atoms with Crippen LogP contribution < -0.4 is 5.32 Å². The van der Waals surface area contributed by atoms with E-state index in [1.54, 1.807) is 6.07 Å². The predicted octanol–water partition coefficient (Wildman–Crippen LogP) is 5.08. The Labute approximate surface area is 115 Å². The van der Waals surface area contributed by atoms with Gasteiger partial charge in [-0.1, -0.05) is 44.0 Å². The lowest BCUT2D eigenvalue weighted by atomic mass is 9.87. The molecule has 1 N–H and O–H groups in total. The molecule has 1 rings (SSSR count). The van der Waals surface area contributed by atoms with Crippen molar-refractivity contribution < 1.29 is 0 Å². The minimum atomic E-state index is 0.311. The Bertz CT molecular complexity index is 349. The van der Waals surface area contributed by atoms with E-state index in [9.17, 15) is 0 Å². The van der Waals surface area contributed by atoms with Crippen LogP contribution in [0.5, 0.6) is 0 Å². The summed E-state index contributed by atoms with van der Waals surface area (Å²) in [7, 11) is 1.97. The third-order valence-corrected chi connectivity index (χ3v) is 3.26. The number of rotatable bonds is 4. The molecule has 0 spiro atoms. The minimum absolute atomic E-state index is 0.311. The van der Waals surface area contributed by atoms with Gasteiger partial charge in [-0.2, -0.15) is 0 Å². The highest BCUT2D eigenvalue weighted by atomic mass is 35.5. The Balaban J connectivity index is 2.79. The van der Waals surface area contributed by atoms with Crippen molar-refractivity contribution in [1.29, 1.82) is 0 Å². The fourth-order valence-electron chi connectivity index (χ4n) is 1.83. The van der Waals surface area contributed by atoms with Gasteiger partial charge in [0.25, 0.3) is 0 Å². The minimum Gasteiger partial charge on any atom is -0.313 e. The highest BCUT2D eigenvalue weighted by Crippen LogP contribution is 2.30. The molecule has 1 nitrogen and oxygen atoms in total. The number of benzene rings is 1. The molecule has 0 aliphatic rings. The zero-order chi connectivity index (χ0) is 13.1. The van der Waals surface area contributed by atoms with Crippen molar-refractivity contribution in [2.24, 2.45) is 5.41 Å². The maximum atomic E-state index is 6.03. The first-order valence-electron chi connectivity index (χ1n) is 5.95. The first-order valence-corrected chi connectivity index (χ1v) is 6.71. The van der Waals surface area contributed by atoms with Crippen molar-refractivity contribution in [3.8, 4) is 0 Å². The number of hydrogen-bond donors (Lipinski definition) is 1. The first-order chi connectivity index (χ1) is 7.81. The van der Waals surface area contributed by atoms with E-state index in [0.717, 1.165) is 18.4 Å². The van der Waals surface area contributed by atoms with Gasteiger partial charge in [-0.15, -0.1) is 0 Å². The average Bonchev–Trinajstić information content (AvgIpc) is 2.15. The Morgan fingerprint density at radius 1 is 1.12 bits per heavy atom. The van der Waals surface area contributed by atoms with E-state index < -0.39 is 0 Å². The van der Waals surface area contributed by atoms with Crippen LogP contribution in [0, 0.1) is 5.41 Å². The Morgan fingerprint density at radius 3 is 2.06 bits per heavy atom. The predicted molar refractivity (Wildman–Crippen MR) is 77.0 cm³/mol. The van der Waals surface area contributed by atoms with E-state index in [1.165, 1.54) is 0 Å². The summed E-state index contributed by atoms with van der Waals surface area (Å²) in [6.45, 7) is 6.76. The molecule has 0 aliphatic heterocycles. The lowest BCUT2D eigenvalue weighted by Crippen LogP contribution is -2.19. The van der Waals surface area contributed by atoms with Crippen LogP contribution in [0.1, 0.15) is 45.2 Å². The smallest absolute Gasteiger partial charge is 0.0424 e. The number of hydrogen-bond acceptors (Lipinski definition) is 1. The molecule has 3 heteroatoms. The topological polar surface area (TPSA) is 12.0 Å². The van der Waals surface area contributed by atoms with E-state index in [0.29, 0.717) is 21.5 Å². The summed E-state index contributed by atoms with van der Waals surface area (Å²) in [6, 6.07) is 6.04. The van der Waals surface area contributed by atoms with E-state index in [4.69, 9.17) is 23.2 Å². The van der Waals surface area contributed by atoms with E-state index in [1.807, 2.05) is 19.2 Å². The zero-order valence-electron chi connectivity index (χ0n) is 11.0. The third kappa shape index (κ3) is 5.29. The summed E-state index contributed by atoms with van der Waals surface area (Å²) in [4.78, 5) is 0. The van der Waals surface area contributed by atoms with E-state index in [-0.39, 0.29) is 0 Å². The molecule has 0 bridgehead atoms. The molecule has 1 atom stereocenters. The summed E-state index contributed by atoms with van der Waals surface area (Å²) < 4.78 is 0. The molecule has 0 radical (unpaired) electrons. The fourth-order valence-corrected chi connectivity index (χ4v) is 2.37. The van der Waals surface area contributed by atoms with Crippen molar-refractivity contribution >= 4 is 23.2 Å². The monoisotopic (exact) mass is 273 g/mol. The summed E-state index contributed by atoms with van der Waals surface area (Å²) in [5, 5.41) is 4.72. The van der Waals surface area contributed by atoms with Crippen LogP contribution >= 0.6 is 23.2 Å². The molecule has 0 fully saturated rings. The maximum Gasteiger partial charge on any atom is 0.0424 e. The van der Waals surface area contributed by atoms with Crippen molar-refractivity contribution in [1.82, 2.24) is 5.32 Å². The quantitative estimate of drug-likeness (QED) is 0.807. The molecule has 0 aliphatic carbocycles. The normalized spacial score (nSPS) is 13.8. The highest BCUT2D eigenvalue weighted by molar-refractivity contribution is 6.34. The number of nitrogens with one attached hydrogen (secondary N) is 1. The van der Waals surface area contributed by atoms with Gasteiger partial charge in [0.05, 0.1) is 0 Å². The van der Waals surface area contributed by atoms with Crippen LogP contribution in [0.15, 0.2) is 18.2 Å². The lowest BCUT2D eigenvalue weighted by molar-refractivity contribution is 0.338. The Hall–Kier alpha value is -0.240. The molecule has 0 amide bonds. The molecule has 0 aromatic heterocycles. The van der Waals surface area contributed by atoms with Gasteiger partial charge in [0, 0.05) is 16.1 Å². The second kappa shape index (κ2) is 6.08. The van der Waals surface area contributed by atoms with Crippen LogP contribution in [0.2, 0.25) is 10.0 Å². The molecule has 0 saturated heterocycles. The van der Waals surface area contributed by atoms with Crippen LogP contribution in [0.3, 0.4) is 0 Å². The van der Waals surface area contributed by atoms with E-state index >= 15 is 0 Å². The Kier molecular flexibility index (Phi) is 5.30. The summed E-state index contributed by atoms with van der Waals surface area (Å²) >= 11 is 12.1. The van der Waals surface area contributed by atoms with Gasteiger partial charge >= 0.3 is 0 Å². The lowest BCUT2D eigenvalue weighted by Gasteiger charge is -2.23. The molecule has 1 aromatic carbocycles. The first kappa shape index (κ1) is 14.8. The van der Waals surface area contributed by atoms with Gasteiger partial charge in [-0.3, -0.25) is 0 Å². The van der Waals surface area contributed by atoms with Gasteiger partial charge in [0.1, 0.15) is 0 Å². The molecular formula is C14H21Cl2N. The fraction of sp³-hybridized carbons (Fsp3) is 0.571. The zero-order valence-corrected chi connectivity index (χ0v) is 12.5. The third-order valence-electron chi connectivity index (χ3n) is 2.82. The highest BCUT2D eigenvalue weighted by Gasteiger charge is 2.16. The Morgan fingerprint density at radius 2 is 1.65 bits per heavy atom. The summed E-state index contributed by atoms with van der Waals surface area (Å²) in [6.07, 6.45) is 2.24. The summed E-state index contributed by atoms with van der Waals surface area (Å²) in [5.74, 6) is 0. The van der Waals surface area contributed by atoms with Gasteiger partial charge < -0.3 is 5.32 Å². The van der Waals surface area contributed by atoms with E-state index in [2.05, 4.69) is 26.1 Å². The molecule has 96 valence electrons. The van der Waals surface area contributed by atoms with Gasteiger partial charge in [-0.25, -0.2) is 0 Å². The van der Waals surface area contributed by atoms with Crippen molar-refractivity contribution in [3.05, 3.63) is 33.8 Å². The SMILES string of the molecule is CNC(CCC(C)(C)C)c1cc(Cl)cc(Cl)c1. The van der Waals surface area contributed by atoms with Crippen molar-refractivity contribution in [2.75, 3.05) is 7.05 Å². The second-order valence-corrected chi connectivity index (χ2v) is 6.52. The van der Waals surface area contributed by atoms with Crippen LogP contribution in [-0.4, -0.2) is 7.05 Å². The number of halogens is 2. The summed E-state index contributed by atoms with van der Waals surface area (Å²) in [5.41, 5.74) is 1.51. The van der Waals surface area contributed by atoms with Crippen LogP contribution in [0.25, 0.3) is 0 Å². The van der Waals surface area contributed by atoms with Gasteiger partial charge in [0.2, 0.25) is 0 Å². The molecule has 1 unspecified atom stereocenters. The standard InChI is InChI=1S/C14H21Cl2N/c1-14(2,3)6-5-13(17-4)10-7-11(15)9-12(16)8-10/h7-9,13,17H,5-6H2,1-4H3. The van der Waals surface area contributed by atoms with Crippen molar-refractivity contribution in [2.45, 2.75) is 39.7 Å².